The number of aromatic hydroxyl groups is 2. The number of hydrogen-bond acceptors (Lipinski definition) is 10. The van der Waals surface area contributed by atoms with E-state index in [1.54, 1.807) is 19.1 Å². The van der Waals surface area contributed by atoms with Crippen LogP contribution in [0.25, 0.3) is 0 Å². The topological polar surface area (TPSA) is 177 Å². The van der Waals surface area contributed by atoms with Gasteiger partial charge in [0.1, 0.15) is 17.1 Å². The van der Waals surface area contributed by atoms with Crippen molar-refractivity contribution in [1.82, 2.24) is 0 Å². The molecule has 2 unspecified atom stereocenters. The molecule has 1 fully saturated rings. The number of rotatable bonds is 3. The van der Waals surface area contributed by atoms with Crippen molar-refractivity contribution in [3.63, 3.8) is 0 Å². The van der Waals surface area contributed by atoms with Gasteiger partial charge in [0.15, 0.2) is 23.6 Å². The second-order valence-corrected chi connectivity index (χ2v) is 9.80. The third-order valence-electron chi connectivity index (χ3n) is 7.50. The minimum atomic E-state index is -1.97. The minimum absolute atomic E-state index is 0.00588. The SMILES string of the molecule is CC(=O)[C@]1(O)Cc2c(O)c3c(c(O)c2[C@@H](O[C@H]2CC(N)[C@@H](O)C(C)O2)C1)C(=O)c1ccccc1C3=O. The number of phenolic OH excluding ortho intramolecular Hbond substituents is 2. The Hall–Kier alpha value is -3.15. The van der Waals surface area contributed by atoms with Gasteiger partial charge in [-0.25, -0.2) is 0 Å². The van der Waals surface area contributed by atoms with Gasteiger partial charge in [0.05, 0.1) is 29.4 Å². The van der Waals surface area contributed by atoms with Crippen LogP contribution in [0.1, 0.15) is 75.8 Å². The van der Waals surface area contributed by atoms with Crippen molar-refractivity contribution in [3.05, 3.63) is 57.6 Å². The number of Topliss-reactive ketones (excluding diaryl/α,β-unsaturated/α-hetero) is 1. The lowest BCUT2D eigenvalue weighted by Crippen LogP contribution is -2.52. The lowest BCUT2D eigenvalue weighted by atomic mass is 9.72. The van der Waals surface area contributed by atoms with Crippen molar-refractivity contribution < 1.29 is 44.3 Å². The number of aliphatic hydroxyl groups excluding tert-OH is 1. The molecule has 5 rings (SSSR count). The summed E-state index contributed by atoms with van der Waals surface area (Å²) in [6, 6.07) is 5.40. The van der Waals surface area contributed by atoms with Crippen molar-refractivity contribution in [1.29, 1.82) is 0 Å². The average Bonchev–Trinajstić information content (AvgIpc) is 2.82. The number of benzene rings is 2. The third-order valence-corrected chi connectivity index (χ3v) is 7.50. The van der Waals surface area contributed by atoms with E-state index in [1.165, 1.54) is 19.1 Å². The Bertz CT molecular complexity index is 1290. The number of phenols is 2. The predicted molar refractivity (Wildman–Crippen MR) is 124 cm³/mol. The number of aliphatic hydroxyl groups is 2. The van der Waals surface area contributed by atoms with E-state index in [2.05, 4.69) is 0 Å². The fourth-order valence-corrected chi connectivity index (χ4v) is 5.42. The van der Waals surface area contributed by atoms with Gasteiger partial charge >= 0.3 is 0 Å². The Morgan fingerprint density at radius 1 is 1.11 bits per heavy atom. The second kappa shape index (κ2) is 8.46. The number of nitrogens with two attached hydrogens (primary N) is 1. The van der Waals surface area contributed by atoms with Gasteiger partial charge in [-0.3, -0.25) is 14.4 Å². The Labute approximate surface area is 206 Å². The Balaban J connectivity index is 1.66. The van der Waals surface area contributed by atoms with Gasteiger partial charge in [-0.15, -0.1) is 0 Å². The Kier molecular flexibility index (Phi) is 5.77. The first-order chi connectivity index (χ1) is 16.9. The molecule has 6 atom stereocenters. The highest BCUT2D eigenvalue weighted by atomic mass is 16.7. The lowest BCUT2D eigenvalue weighted by Gasteiger charge is -2.42. The van der Waals surface area contributed by atoms with Crippen LogP contribution >= 0.6 is 0 Å². The van der Waals surface area contributed by atoms with Gasteiger partial charge < -0.3 is 35.6 Å². The molecule has 0 amide bonds. The molecule has 1 heterocycles. The Morgan fingerprint density at radius 2 is 1.69 bits per heavy atom. The lowest BCUT2D eigenvalue weighted by molar-refractivity contribution is -0.247. The molecule has 36 heavy (non-hydrogen) atoms. The van der Waals surface area contributed by atoms with Crippen molar-refractivity contribution in [2.24, 2.45) is 5.73 Å². The number of ketones is 3. The molecule has 0 aromatic heterocycles. The van der Waals surface area contributed by atoms with Crippen LogP contribution in [0.5, 0.6) is 11.5 Å². The van der Waals surface area contributed by atoms with Crippen LogP contribution in [0.2, 0.25) is 0 Å². The molecule has 0 saturated carbocycles. The Morgan fingerprint density at radius 3 is 2.25 bits per heavy atom. The fraction of sp³-hybridized carbons (Fsp3) is 0.423. The first kappa shape index (κ1) is 24.5. The molecule has 190 valence electrons. The van der Waals surface area contributed by atoms with Crippen LogP contribution in [0, 0.1) is 0 Å². The zero-order chi connectivity index (χ0) is 26.1. The van der Waals surface area contributed by atoms with E-state index in [9.17, 15) is 34.8 Å². The summed E-state index contributed by atoms with van der Waals surface area (Å²) < 4.78 is 11.8. The van der Waals surface area contributed by atoms with Crippen molar-refractivity contribution in [2.75, 3.05) is 0 Å². The molecule has 1 saturated heterocycles. The van der Waals surface area contributed by atoms with Crippen LogP contribution < -0.4 is 5.73 Å². The fourth-order valence-electron chi connectivity index (χ4n) is 5.42. The minimum Gasteiger partial charge on any atom is -0.507 e. The number of hydrogen-bond donors (Lipinski definition) is 5. The van der Waals surface area contributed by atoms with Gasteiger partial charge in [0, 0.05) is 47.6 Å². The maximum absolute atomic E-state index is 13.3. The van der Waals surface area contributed by atoms with E-state index in [0.717, 1.165) is 0 Å². The van der Waals surface area contributed by atoms with Gasteiger partial charge in [-0.05, 0) is 13.8 Å². The molecule has 2 aromatic rings. The normalized spacial score (nSPS) is 31.4. The number of ether oxygens (including phenoxy) is 2. The van der Waals surface area contributed by atoms with E-state index < -0.39 is 71.5 Å². The van der Waals surface area contributed by atoms with Crippen LogP contribution in [-0.2, 0) is 20.7 Å². The van der Waals surface area contributed by atoms with E-state index in [4.69, 9.17) is 15.2 Å². The molecule has 0 spiro atoms. The van der Waals surface area contributed by atoms with E-state index in [1.807, 2.05) is 0 Å². The summed E-state index contributed by atoms with van der Waals surface area (Å²) in [4.78, 5) is 39.0. The van der Waals surface area contributed by atoms with Crippen LogP contribution in [0.3, 0.4) is 0 Å². The highest BCUT2D eigenvalue weighted by Crippen LogP contribution is 2.51. The van der Waals surface area contributed by atoms with Crippen molar-refractivity contribution in [2.45, 2.75) is 69.4 Å². The highest BCUT2D eigenvalue weighted by Gasteiger charge is 2.49. The smallest absolute Gasteiger partial charge is 0.198 e. The molecule has 6 N–H and O–H groups in total. The van der Waals surface area contributed by atoms with Crippen LogP contribution in [0.4, 0.5) is 0 Å². The second-order valence-electron chi connectivity index (χ2n) is 9.80. The van der Waals surface area contributed by atoms with Crippen LogP contribution in [-0.4, -0.2) is 67.9 Å². The van der Waals surface area contributed by atoms with Crippen molar-refractivity contribution in [3.8, 4) is 11.5 Å². The van der Waals surface area contributed by atoms with E-state index >= 15 is 0 Å². The molecular weight excluding hydrogens is 470 g/mol. The summed E-state index contributed by atoms with van der Waals surface area (Å²) in [6.45, 7) is 2.80. The van der Waals surface area contributed by atoms with E-state index in [-0.39, 0.29) is 46.2 Å². The summed E-state index contributed by atoms with van der Waals surface area (Å²) in [5, 5.41) is 43.8. The first-order valence-electron chi connectivity index (χ1n) is 11.7. The maximum atomic E-state index is 13.3. The summed E-state index contributed by atoms with van der Waals surface area (Å²) in [5.41, 5.74) is 3.38. The predicted octanol–water partition coefficient (Wildman–Crippen LogP) is 1.02. The summed E-state index contributed by atoms with van der Waals surface area (Å²) in [6.07, 6.45) is -4.38. The van der Waals surface area contributed by atoms with Gasteiger partial charge in [0.2, 0.25) is 0 Å². The molecule has 2 aromatic carbocycles. The zero-order valence-electron chi connectivity index (χ0n) is 19.7. The molecule has 1 aliphatic heterocycles. The molecule has 3 aliphatic rings. The van der Waals surface area contributed by atoms with Gasteiger partial charge in [-0.2, -0.15) is 0 Å². The largest absolute Gasteiger partial charge is 0.507 e. The van der Waals surface area contributed by atoms with Gasteiger partial charge in [-0.1, -0.05) is 24.3 Å². The number of carbonyl (C=O) groups excluding carboxylic acids is 3. The van der Waals surface area contributed by atoms with Crippen LogP contribution in [0.15, 0.2) is 24.3 Å². The van der Waals surface area contributed by atoms with Gasteiger partial charge in [0.25, 0.3) is 0 Å². The molecule has 0 radical (unpaired) electrons. The summed E-state index contributed by atoms with van der Waals surface area (Å²) in [7, 11) is 0. The molecular formula is C26H27NO9. The average molecular weight is 498 g/mol. The standard InChI is InChI=1S/C26H27NO9/c1-10-21(29)15(27)7-17(35-10)36-16-9-26(34,11(2)28)8-14-18(16)25(33)20-19(24(14)32)22(30)12-5-3-4-6-13(12)23(20)31/h3-6,10,15-17,21,29,32-34H,7-9,27H2,1-2H3/t10?,15?,16-,17-,21-,26-/m0/s1. The van der Waals surface area contributed by atoms with Crippen molar-refractivity contribution >= 4 is 17.3 Å². The summed E-state index contributed by atoms with van der Waals surface area (Å²) in [5.74, 6) is -3.06. The first-order valence-corrected chi connectivity index (χ1v) is 11.7. The zero-order valence-corrected chi connectivity index (χ0v) is 19.7. The molecule has 10 nitrogen and oxygen atoms in total. The quantitative estimate of drug-likeness (QED) is 0.328. The number of carbonyl (C=O) groups is 3. The maximum Gasteiger partial charge on any atom is 0.198 e. The molecule has 0 bridgehead atoms. The van der Waals surface area contributed by atoms with E-state index in [0.29, 0.717) is 0 Å². The number of fused-ring (bicyclic) bond motifs is 3. The highest BCUT2D eigenvalue weighted by molar-refractivity contribution is 6.30. The summed E-state index contributed by atoms with van der Waals surface area (Å²) >= 11 is 0. The third kappa shape index (κ3) is 3.56. The monoisotopic (exact) mass is 497 g/mol. The molecule has 10 heteroatoms. The molecule has 2 aliphatic carbocycles.